The highest BCUT2D eigenvalue weighted by Gasteiger charge is 2.21. The van der Waals surface area contributed by atoms with Crippen molar-refractivity contribution in [2.45, 2.75) is 23.8 Å². The molecule has 1 amide bonds. The van der Waals surface area contributed by atoms with Gasteiger partial charge in [-0.05, 0) is 37.1 Å². The molecule has 1 aliphatic rings. The van der Waals surface area contributed by atoms with Crippen LogP contribution in [0.1, 0.15) is 23.2 Å². The molecule has 0 bridgehead atoms. The van der Waals surface area contributed by atoms with E-state index in [1.165, 1.54) is 31.5 Å². The summed E-state index contributed by atoms with van der Waals surface area (Å²) in [5.74, 6) is -0.00319. The minimum Gasteiger partial charge on any atom is -0.481 e. The minimum atomic E-state index is -3.72. The van der Waals surface area contributed by atoms with Gasteiger partial charge in [-0.1, -0.05) is 6.07 Å². The average Bonchev–Trinajstić information content (AvgIpc) is 3.21. The van der Waals surface area contributed by atoms with E-state index in [1.54, 1.807) is 18.2 Å². The Kier molecular flexibility index (Phi) is 6.04. The van der Waals surface area contributed by atoms with Gasteiger partial charge in [0.05, 0.1) is 30.0 Å². The average molecular weight is 391 g/mol. The lowest BCUT2D eigenvalue weighted by molar-refractivity contribution is 0.102. The number of nitrogens with one attached hydrogen (secondary N) is 2. The largest absolute Gasteiger partial charge is 0.481 e. The molecule has 0 saturated carbocycles. The van der Waals surface area contributed by atoms with E-state index in [9.17, 15) is 13.2 Å². The number of ether oxygens (including phenoxy) is 2. The van der Waals surface area contributed by atoms with E-state index in [0.29, 0.717) is 18.2 Å². The number of nitrogens with zero attached hydrogens (tertiary/aromatic N) is 1. The summed E-state index contributed by atoms with van der Waals surface area (Å²) in [7, 11) is -2.23. The molecule has 2 N–H and O–H groups in total. The van der Waals surface area contributed by atoms with Gasteiger partial charge in [-0.25, -0.2) is 18.1 Å². The van der Waals surface area contributed by atoms with Crippen molar-refractivity contribution in [3.05, 3.63) is 48.2 Å². The van der Waals surface area contributed by atoms with Gasteiger partial charge >= 0.3 is 0 Å². The maximum Gasteiger partial charge on any atom is 0.255 e. The van der Waals surface area contributed by atoms with Crippen LogP contribution in [0.4, 0.5) is 5.69 Å². The lowest BCUT2D eigenvalue weighted by Gasteiger charge is -2.12. The second-order valence-electron chi connectivity index (χ2n) is 6.06. The second kappa shape index (κ2) is 8.47. The summed E-state index contributed by atoms with van der Waals surface area (Å²) < 4.78 is 37.9. The number of benzene rings is 1. The summed E-state index contributed by atoms with van der Waals surface area (Å²) in [4.78, 5) is 16.4. The number of carbonyl (C=O) groups is 1. The third-order valence-corrected chi connectivity index (χ3v) is 5.56. The third-order valence-electron chi connectivity index (χ3n) is 4.13. The fourth-order valence-corrected chi connectivity index (χ4v) is 3.79. The molecule has 0 aliphatic carbocycles. The minimum absolute atomic E-state index is 0.0287. The number of hydrogen-bond acceptors (Lipinski definition) is 6. The number of sulfonamides is 1. The van der Waals surface area contributed by atoms with Gasteiger partial charge in [-0.2, -0.15) is 0 Å². The standard InChI is InChI=1S/C18H21N3O5S/c1-25-17-8-7-14(11-19-17)21-18(22)13-4-2-6-16(10-13)27(23,24)20-12-15-5-3-9-26-15/h2,4,6-8,10-11,15,20H,3,5,9,12H2,1H3,(H,21,22)/t15-/m0/s1. The molecule has 1 atom stereocenters. The van der Waals surface area contributed by atoms with E-state index in [4.69, 9.17) is 9.47 Å². The molecule has 144 valence electrons. The van der Waals surface area contributed by atoms with Gasteiger partial charge in [0, 0.05) is 24.8 Å². The Bertz CT molecular complexity index is 893. The summed E-state index contributed by atoms with van der Waals surface area (Å²) in [6, 6.07) is 9.12. The van der Waals surface area contributed by atoms with E-state index >= 15 is 0 Å². The molecule has 27 heavy (non-hydrogen) atoms. The summed E-state index contributed by atoms with van der Waals surface area (Å²) in [5.41, 5.74) is 0.705. The van der Waals surface area contributed by atoms with Crippen LogP contribution in [0.5, 0.6) is 5.88 Å². The van der Waals surface area contributed by atoms with Crippen LogP contribution in [-0.4, -0.2) is 45.7 Å². The van der Waals surface area contributed by atoms with Crippen LogP contribution in [0.2, 0.25) is 0 Å². The first-order valence-corrected chi connectivity index (χ1v) is 9.99. The first-order chi connectivity index (χ1) is 13.0. The van der Waals surface area contributed by atoms with Crippen molar-refractivity contribution in [3.8, 4) is 5.88 Å². The summed E-state index contributed by atoms with van der Waals surface area (Å²) in [6.45, 7) is 0.874. The highest BCUT2D eigenvalue weighted by atomic mass is 32.2. The fourth-order valence-electron chi connectivity index (χ4n) is 2.67. The number of pyridine rings is 1. The molecule has 2 heterocycles. The van der Waals surface area contributed by atoms with Crippen molar-refractivity contribution in [2.24, 2.45) is 0 Å². The van der Waals surface area contributed by atoms with Crippen LogP contribution in [0.3, 0.4) is 0 Å². The smallest absolute Gasteiger partial charge is 0.255 e. The van der Waals surface area contributed by atoms with Crippen molar-refractivity contribution in [1.82, 2.24) is 9.71 Å². The third kappa shape index (κ3) is 5.03. The Morgan fingerprint density at radius 1 is 1.33 bits per heavy atom. The van der Waals surface area contributed by atoms with Gasteiger partial charge in [-0.15, -0.1) is 0 Å². The van der Waals surface area contributed by atoms with Gasteiger partial charge in [-0.3, -0.25) is 4.79 Å². The molecule has 1 aliphatic heterocycles. The van der Waals surface area contributed by atoms with Crippen molar-refractivity contribution in [2.75, 3.05) is 25.6 Å². The first kappa shape index (κ1) is 19.3. The lowest BCUT2D eigenvalue weighted by atomic mass is 10.2. The highest BCUT2D eigenvalue weighted by Crippen LogP contribution is 2.16. The van der Waals surface area contributed by atoms with Crippen LogP contribution in [0, 0.1) is 0 Å². The zero-order valence-electron chi connectivity index (χ0n) is 14.8. The summed E-state index contributed by atoms with van der Waals surface area (Å²) in [6.07, 6.45) is 3.12. The molecular formula is C18H21N3O5S. The molecule has 3 rings (SSSR count). The van der Waals surface area contributed by atoms with Gasteiger partial charge in [0.25, 0.3) is 5.91 Å². The number of aromatic nitrogens is 1. The number of anilines is 1. The van der Waals surface area contributed by atoms with Crippen LogP contribution in [-0.2, 0) is 14.8 Å². The van der Waals surface area contributed by atoms with Crippen LogP contribution in [0.25, 0.3) is 0 Å². The van der Waals surface area contributed by atoms with E-state index in [-0.39, 0.29) is 23.1 Å². The van der Waals surface area contributed by atoms with Gasteiger partial charge < -0.3 is 14.8 Å². The monoisotopic (exact) mass is 391 g/mol. The number of rotatable bonds is 7. The number of carbonyl (C=O) groups excluding carboxylic acids is 1. The van der Waals surface area contributed by atoms with Gasteiger partial charge in [0.2, 0.25) is 15.9 Å². The van der Waals surface area contributed by atoms with Gasteiger partial charge in [0.1, 0.15) is 0 Å². The molecule has 0 spiro atoms. The predicted molar refractivity (Wildman–Crippen MR) is 99.3 cm³/mol. The lowest BCUT2D eigenvalue weighted by Crippen LogP contribution is -2.32. The Hall–Kier alpha value is -2.49. The Labute approximate surface area is 158 Å². The normalized spacial score (nSPS) is 16.9. The topological polar surface area (TPSA) is 107 Å². The van der Waals surface area contributed by atoms with E-state index in [1.807, 2.05) is 0 Å². The number of hydrogen-bond donors (Lipinski definition) is 2. The zero-order chi connectivity index (χ0) is 19.3. The van der Waals surface area contributed by atoms with Gasteiger partial charge in [0.15, 0.2) is 0 Å². The van der Waals surface area contributed by atoms with Crippen LogP contribution < -0.4 is 14.8 Å². The second-order valence-corrected chi connectivity index (χ2v) is 7.83. The maximum atomic E-state index is 12.5. The maximum absolute atomic E-state index is 12.5. The van der Waals surface area contributed by atoms with Crippen LogP contribution in [0.15, 0.2) is 47.5 Å². The quantitative estimate of drug-likeness (QED) is 0.745. The molecule has 0 unspecified atom stereocenters. The Morgan fingerprint density at radius 3 is 2.85 bits per heavy atom. The van der Waals surface area contributed by atoms with Crippen molar-refractivity contribution >= 4 is 21.6 Å². The van der Waals surface area contributed by atoms with E-state index in [2.05, 4.69) is 15.0 Å². The van der Waals surface area contributed by atoms with E-state index in [0.717, 1.165) is 12.8 Å². The Balaban J connectivity index is 1.68. The molecule has 8 nitrogen and oxygen atoms in total. The van der Waals surface area contributed by atoms with Crippen LogP contribution >= 0.6 is 0 Å². The van der Waals surface area contributed by atoms with Crippen molar-refractivity contribution in [1.29, 1.82) is 0 Å². The van der Waals surface area contributed by atoms with Crippen molar-refractivity contribution < 1.29 is 22.7 Å². The highest BCUT2D eigenvalue weighted by molar-refractivity contribution is 7.89. The molecule has 2 aromatic rings. The Morgan fingerprint density at radius 2 is 2.19 bits per heavy atom. The zero-order valence-corrected chi connectivity index (χ0v) is 15.7. The van der Waals surface area contributed by atoms with E-state index < -0.39 is 15.9 Å². The molecule has 1 fully saturated rings. The predicted octanol–water partition coefficient (Wildman–Crippen LogP) is 1.80. The molecular weight excluding hydrogens is 370 g/mol. The first-order valence-electron chi connectivity index (χ1n) is 8.51. The van der Waals surface area contributed by atoms with Crippen molar-refractivity contribution in [3.63, 3.8) is 0 Å². The molecule has 1 aromatic heterocycles. The summed E-state index contributed by atoms with van der Waals surface area (Å²) in [5, 5.41) is 2.67. The summed E-state index contributed by atoms with van der Waals surface area (Å²) >= 11 is 0. The number of amides is 1. The molecule has 0 radical (unpaired) electrons. The molecule has 1 aromatic carbocycles. The fraction of sp³-hybridized carbons (Fsp3) is 0.333. The number of methoxy groups -OCH3 is 1. The SMILES string of the molecule is COc1ccc(NC(=O)c2cccc(S(=O)(=O)NC[C@@H]3CCCO3)c2)cn1. The molecule has 9 heteroatoms. The molecule has 1 saturated heterocycles.